The van der Waals surface area contributed by atoms with E-state index in [0.717, 1.165) is 27.7 Å². The number of hydrogen-bond donors (Lipinski definition) is 1. The number of carbonyl (C=O) groups excluding carboxylic acids is 1. The normalized spacial score (nSPS) is 21.2. The summed E-state index contributed by atoms with van der Waals surface area (Å²) in [4.78, 5) is 14.7. The lowest BCUT2D eigenvalue weighted by molar-refractivity contribution is -0.131. The van der Waals surface area contributed by atoms with Crippen LogP contribution in [-0.4, -0.2) is 26.6 Å². The van der Waals surface area contributed by atoms with Crippen molar-refractivity contribution in [2.45, 2.75) is 31.5 Å². The average molecular weight is 414 g/mol. The Kier molecular flexibility index (Phi) is 4.59. The third kappa shape index (κ3) is 3.20. The average Bonchev–Trinajstić information content (AvgIpc) is 3.29. The zero-order valence-electron chi connectivity index (χ0n) is 17.2. The van der Waals surface area contributed by atoms with Gasteiger partial charge in [0.15, 0.2) is 0 Å². The summed E-state index contributed by atoms with van der Waals surface area (Å²) in [6.45, 7) is 2.55. The first kappa shape index (κ1) is 19.5. The fourth-order valence-electron chi connectivity index (χ4n) is 4.48. The van der Waals surface area contributed by atoms with E-state index in [-0.39, 0.29) is 17.8 Å². The van der Waals surface area contributed by atoms with Crippen molar-refractivity contribution in [3.05, 3.63) is 95.9 Å². The van der Waals surface area contributed by atoms with E-state index >= 15 is 0 Å². The Balaban J connectivity index is 1.55. The lowest BCUT2D eigenvalue weighted by Gasteiger charge is -2.38. The predicted octanol–water partition coefficient (Wildman–Crippen LogP) is 4.14. The molecule has 0 aliphatic carbocycles. The highest BCUT2D eigenvalue weighted by Gasteiger charge is 2.48. The van der Waals surface area contributed by atoms with Crippen LogP contribution in [0.5, 0.6) is 0 Å². The summed E-state index contributed by atoms with van der Waals surface area (Å²) in [5.41, 5.74) is 9.63. The second kappa shape index (κ2) is 7.32. The molecule has 0 bridgehead atoms. The number of nitrogens with two attached hydrogens (primary N) is 1. The lowest BCUT2D eigenvalue weighted by atomic mass is 9.85. The van der Waals surface area contributed by atoms with Gasteiger partial charge in [0.25, 0.3) is 0 Å². The maximum atomic E-state index is 13.3. The highest BCUT2D eigenvalue weighted by Crippen LogP contribution is 2.40. The van der Waals surface area contributed by atoms with Gasteiger partial charge in [-0.15, -0.1) is 0 Å². The van der Waals surface area contributed by atoms with Crippen LogP contribution in [0.25, 0.3) is 16.6 Å². The first-order chi connectivity index (χ1) is 15.0. The number of amides is 1. The van der Waals surface area contributed by atoms with Crippen molar-refractivity contribution in [1.82, 2.24) is 14.7 Å². The molecule has 2 atom stereocenters. The maximum Gasteiger partial charge on any atom is 0.225 e. The van der Waals surface area contributed by atoms with Crippen molar-refractivity contribution >= 4 is 16.8 Å². The Morgan fingerprint density at radius 1 is 1.10 bits per heavy atom. The van der Waals surface area contributed by atoms with Gasteiger partial charge in [0, 0.05) is 24.4 Å². The summed E-state index contributed by atoms with van der Waals surface area (Å²) in [5.74, 6) is -0.227. The van der Waals surface area contributed by atoms with Crippen molar-refractivity contribution in [1.29, 1.82) is 0 Å². The van der Waals surface area contributed by atoms with Gasteiger partial charge in [-0.2, -0.15) is 5.10 Å². The number of aromatic nitrogens is 2. The summed E-state index contributed by atoms with van der Waals surface area (Å²) >= 11 is 0. The van der Waals surface area contributed by atoms with Gasteiger partial charge in [-0.3, -0.25) is 4.79 Å². The molecule has 4 aromatic rings. The van der Waals surface area contributed by atoms with Crippen molar-refractivity contribution in [2.75, 3.05) is 0 Å². The SMILES string of the molecule is CC1(c2ccc3c(cnn3-c3ccc(F)cc3)c2)[C@@H](N)CC(=O)N1Cc1ccccc1. The fraction of sp³-hybridized carbons (Fsp3) is 0.200. The topological polar surface area (TPSA) is 64.2 Å². The molecule has 1 amide bonds. The monoisotopic (exact) mass is 414 g/mol. The molecule has 0 saturated carbocycles. The van der Waals surface area contributed by atoms with E-state index < -0.39 is 5.54 Å². The first-order valence-corrected chi connectivity index (χ1v) is 10.3. The Hall–Kier alpha value is -3.51. The molecule has 156 valence electrons. The van der Waals surface area contributed by atoms with Crippen LogP contribution in [0.1, 0.15) is 24.5 Å². The van der Waals surface area contributed by atoms with Gasteiger partial charge < -0.3 is 10.6 Å². The van der Waals surface area contributed by atoms with E-state index in [1.807, 2.05) is 54.3 Å². The lowest BCUT2D eigenvalue weighted by Crippen LogP contribution is -2.49. The Labute approximate surface area is 179 Å². The molecule has 0 spiro atoms. The molecule has 1 aliphatic rings. The van der Waals surface area contributed by atoms with Gasteiger partial charge in [0.2, 0.25) is 5.91 Å². The number of likely N-dealkylation sites (tertiary alicyclic amines) is 1. The van der Waals surface area contributed by atoms with Gasteiger partial charge in [0.05, 0.1) is 22.9 Å². The van der Waals surface area contributed by atoms with Crippen LogP contribution in [0.15, 0.2) is 79.0 Å². The van der Waals surface area contributed by atoms with Crippen LogP contribution in [0, 0.1) is 5.82 Å². The second-order valence-electron chi connectivity index (χ2n) is 8.23. The van der Waals surface area contributed by atoms with Crippen molar-refractivity contribution in [2.24, 2.45) is 5.73 Å². The molecule has 31 heavy (non-hydrogen) atoms. The quantitative estimate of drug-likeness (QED) is 0.546. The van der Waals surface area contributed by atoms with Gasteiger partial charge >= 0.3 is 0 Å². The first-order valence-electron chi connectivity index (χ1n) is 10.3. The molecule has 0 radical (unpaired) electrons. The molecule has 1 aromatic heterocycles. The van der Waals surface area contributed by atoms with E-state index in [4.69, 9.17) is 5.73 Å². The van der Waals surface area contributed by atoms with Crippen LogP contribution in [0.2, 0.25) is 0 Å². The molecular weight excluding hydrogens is 391 g/mol. The summed E-state index contributed by atoms with van der Waals surface area (Å²) < 4.78 is 15.1. The highest BCUT2D eigenvalue weighted by molar-refractivity contribution is 5.84. The smallest absolute Gasteiger partial charge is 0.225 e. The van der Waals surface area contributed by atoms with E-state index in [1.54, 1.807) is 23.0 Å². The minimum Gasteiger partial charge on any atom is -0.327 e. The van der Waals surface area contributed by atoms with Crippen molar-refractivity contribution in [3.8, 4) is 5.69 Å². The summed E-state index contributed by atoms with van der Waals surface area (Å²) in [5, 5.41) is 5.43. The van der Waals surface area contributed by atoms with Crippen LogP contribution >= 0.6 is 0 Å². The number of halogens is 1. The largest absolute Gasteiger partial charge is 0.327 e. The van der Waals surface area contributed by atoms with Crippen molar-refractivity contribution < 1.29 is 9.18 Å². The maximum absolute atomic E-state index is 13.3. The highest BCUT2D eigenvalue weighted by atomic mass is 19.1. The molecular formula is C25H23FN4O. The Morgan fingerprint density at radius 2 is 1.84 bits per heavy atom. The third-order valence-electron chi connectivity index (χ3n) is 6.39. The van der Waals surface area contributed by atoms with Crippen LogP contribution in [0.4, 0.5) is 4.39 Å². The number of fused-ring (bicyclic) bond motifs is 1. The van der Waals surface area contributed by atoms with E-state index in [0.29, 0.717) is 13.0 Å². The molecule has 1 fully saturated rings. The number of rotatable bonds is 4. The number of carbonyl (C=O) groups is 1. The minimum atomic E-state index is -0.626. The zero-order chi connectivity index (χ0) is 21.6. The molecule has 1 saturated heterocycles. The van der Waals surface area contributed by atoms with Gasteiger partial charge in [-0.1, -0.05) is 36.4 Å². The van der Waals surface area contributed by atoms with Crippen LogP contribution < -0.4 is 5.73 Å². The third-order valence-corrected chi connectivity index (χ3v) is 6.39. The molecule has 5 nitrogen and oxygen atoms in total. The minimum absolute atomic E-state index is 0.0564. The van der Waals surface area contributed by atoms with Gasteiger partial charge in [-0.05, 0) is 54.4 Å². The predicted molar refractivity (Wildman–Crippen MR) is 118 cm³/mol. The zero-order valence-corrected chi connectivity index (χ0v) is 17.2. The summed E-state index contributed by atoms with van der Waals surface area (Å²) in [7, 11) is 0. The number of benzene rings is 3. The molecule has 1 aliphatic heterocycles. The number of hydrogen-bond acceptors (Lipinski definition) is 3. The standard InChI is InChI=1S/C25H23FN4O/c1-25(23(27)14-24(31)29(25)16-17-5-3-2-4-6-17)19-7-12-22-18(13-19)15-28-30(22)21-10-8-20(26)9-11-21/h2-13,15,23H,14,16,27H2,1H3/t23-,25?/m0/s1. The molecule has 5 rings (SSSR count). The van der Waals surface area contributed by atoms with Gasteiger partial charge in [-0.25, -0.2) is 9.07 Å². The van der Waals surface area contributed by atoms with Crippen LogP contribution in [0.3, 0.4) is 0 Å². The van der Waals surface area contributed by atoms with Crippen molar-refractivity contribution in [3.63, 3.8) is 0 Å². The molecule has 6 heteroatoms. The Bertz CT molecular complexity index is 1250. The molecule has 1 unspecified atom stereocenters. The van der Waals surface area contributed by atoms with E-state index in [9.17, 15) is 9.18 Å². The fourth-order valence-corrected chi connectivity index (χ4v) is 4.48. The van der Waals surface area contributed by atoms with E-state index in [1.165, 1.54) is 12.1 Å². The van der Waals surface area contributed by atoms with E-state index in [2.05, 4.69) is 11.2 Å². The van der Waals surface area contributed by atoms with Gasteiger partial charge in [0.1, 0.15) is 5.82 Å². The second-order valence-corrected chi connectivity index (χ2v) is 8.23. The molecule has 2 N–H and O–H groups in total. The van der Waals surface area contributed by atoms with Crippen LogP contribution in [-0.2, 0) is 16.9 Å². The number of nitrogens with zero attached hydrogens (tertiary/aromatic N) is 3. The molecule has 3 aromatic carbocycles. The molecule has 2 heterocycles. The summed E-state index contributed by atoms with van der Waals surface area (Å²) in [6, 6.07) is 21.9. The Morgan fingerprint density at radius 3 is 2.58 bits per heavy atom. The summed E-state index contributed by atoms with van der Waals surface area (Å²) in [6.07, 6.45) is 2.10.